The maximum absolute atomic E-state index is 12.6. The summed E-state index contributed by atoms with van der Waals surface area (Å²) < 4.78 is 5.85. The highest BCUT2D eigenvalue weighted by atomic mass is 35.5. The zero-order valence-electron chi connectivity index (χ0n) is 13.6. The summed E-state index contributed by atoms with van der Waals surface area (Å²) >= 11 is 5.88. The van der Waals surface area contributed by atoms with Gasteiger partial charge in [0, 0.05) is 18.6 Å². The maximum Gasteiger partial charge on any atom is 0.257 e. The SMILES string of the molecule is CCCCN(C)C(=O)c1ccccc1OCc1ccc(Cl)cc1. The van der Waals surface area contributed by atoms with E-state index >= 15 is 0 Å². The lowest BCUT2D eigenvalue weighted by atomic mass is 10.1. The Balaban J connectivity index is 2.07. The van der Waals surface area contributed by atoms with Crippen molar-refractivity contribution in [2.75, 3.05) is 13.6 Å². The molecule has 0 heterocycles. The highest BCUT2D eigenvalue weighted by Crippen LogP contribution is 2.21. The van der Waals surface area contributed by atoms with Crippen LogP contribution in [0, 0.1) is 0 Å². The van der Waals surface area contributed by atoms with Crippen molar-refractivity contribution in [3.8, 4) is 5.75 Å². The summed E-state index contributed by atoms with van der Waals surface area (Å²) in [6, 6.07) is 14.9. The minimum atomic E-state index is -0.00911. The number of hydrogen-bond donors (Lipinski definition) is 0. The van der Waals surface area contributed by atoms with Crippen LogP contribution < -0.4 is 4.74 Å². The van der Waals surface area contributed by atoms with Crippen molar-refractivity contribution in [3.63, 3.8) is 0 Å². The number of carbonyl (C=O) groups is 1. The molecule has 0 radical (unpaired) electrons. The van der Waals surface area contributed by atoms with Crippen LogP contribution in [0.3, 0.4) is 0 Å². The van der Waals surface area contributed by atoms with Crippen LogP contribution in [0.2, 0.25) is 5.02 Å². The zero-order valence-corrected chi connectivity index (χ0v) is 14.3. The van der Waals surface area contributed by atoms with Crippen molar-refractivity contribution in [2.45, 2.75) is 26.4 Å². The Morgan fingerprint density at radius 2 is 1.83 bits per heavy atom. The third-order valence-electron chi connectivity index (χ3n) is 3.62. The van der Waals surface area contributed by atoms with Gasteiger partial charge in [-0.25, -0.2) is 0 Å². The van der Waals surface area contributed by atoms with E-state index in [1.54, 1.807) is 4.90 Å². The van der Waals surface area contributed by atoms with E-state index in [0.29, 0.717) is 22.9 Å². The molecule has 2 aromatic carbocycles. The number of amides is 1. The molecule has 0 unspecified atom stereocenters. The first-order valence-corrected chi connectivity index (χ1v) is 8.21. The van der Waals surface area contributed by atoms with Crippen molar-refractivity contribution in [2.24, 2.45) is 0 Å². The number of rotatable bonds is 7. The number of ether oxygens (including phenoxy) is 1. The smallest absolute Gasteiger partial charge is 0.257 e. The van der Waals surface area contributed by atoms with Crippen molar-refractivity contribution < 1.29 is 9.53 Å². The van der Waals surface area contributed by atoms with Crippen LogP contribution in [0.1, 0.15) is 35.7 Å². The van der Waals surface area contributed by atoms with E-state index in [9.17, 15) is 4.79 Å². The van der Waals surface area contributed by atoms with Gasteiger partial charge in [0.25, 0.3) is 5.91 Å². The number of carbonyl (C=O) groups excluding carboxylic acids is 1. The molecule has 0 bridgehead atoms. The van der Waals surface area contributed by atoms with Crippen LogP contribution in [-0.2, 0) is 6.61 Å². The standard InChI is InChI=1S/C19H22ClNO2/c1-3-4-13-21(2)19(22)17-7-5-6-8-18(17)23-14-15-9-11-16(20)12-10-15/h5-12H,3-4,13-14H2,1-2H3. The number of halogens is 1. The molecule has 0 aliphatic heterocycles. The number of hydrogen-bond acceptors (Lipinski definition) is 2. The predicted molar refractivity (Wildman–Crippen MR) is 94.1 cm³/mol. The van der Waals surface area contributed by atoms with Crippen molar-refractivity contribution in [3.05, 3.63) is 64.7 Å². The van der Waals surface area contributed by atoms with E-state index < -0.39 is 0 Å². The number of nitrogens with zero attached hydrogens (tertiary/aromatic N) is 1. The third-order valence-corrected chi connectivity index (χ3v) is 3.87. The molecule has 0 saturated carbocycles. The molecule has 0 spiro atoms. The lowest BCUT2D eigenvalue weighted by Gasteiger charge is -2.19. The van der Waals surface area contributed by atoms with Gasteiger partial charge in [0.1, 0.15) is 12.4 Å². The Morgan fingerprint density at radius 1 is 1.13 bits per heavy atom. The van der Waals surface area contributed by atoms with Gasteiger partial charge in [-0.1, -0.05) is 49.2 Å². The molecule has 2 rings (SSSR count). The third kappa shape index (κ3) is 5.00. The number of para-hydroxylation sites is 1. The predicted octanol–water partition coefficient (Wildman–Crippen LogP) is 4.79. The minimum Gasteiger partial charge on any atom is -0.488 e. The van der Waals surface area contributed by atoms with Crippen molar-refractivity contribution in [1.82, 2.24) is 4.90 Å². The first-order chi connectivity index (χ1) is 11.1. The van der Waals surface area contributed by atoms with Gasteiger partial charge in [-0.15, -0.1) is 0 Å². The summed E-state index contributed by atoms with van der Waals surface area (Å²) in [4.78, 5) is 14.3. The summed E-state index contributed by atoms with van der Waals surface area (Å²) in [7, 11) is 1.83. The average Bonchev–Trinajstić information content (AvgIpc) is 2.58. The highest BCUT2D eigenvalue weighted by molar-refractivity contribution is 6.30. The molecule has 2 aromatic rings. The molecule has 0 aliphatic carbocycles. The van der Waals surface area contributed by atoms with E-state index in [4.69, 9.17) is 16.3 Å². The first kappa shape index (κ1) is 17.4. The molecule has 0 fully saturated rings. The Morgan fingerprint density at radius 3 is 2.52 bits per heavy atom. The number of unbranched alkanes of at least 4 members (excludes halogenated alkanes) is 1. The summed E-state index contributed by atoms with van der Waals surface area (Å²) in [5.41, 5.74) is 1.61. The molecular weight excluding hydrogens is 310 g/mol. The minimum absolute atomic E-state index is 0.00911. The van der Waals surface area contributed by atoms with Crippen molar-refractivity contribution >= 4 is 17.5 Å². The fraction of sp³-hybridized carbons (Fsp3) is 0.316. The molecule has 0 saturated heterocycles. The van der Waals surface area contributed by atoms with Crippen LogP contribution in [-0.4, -0.2) is 24.4 Å². The summed E-state index contributed by atoms with van der Waals surface area (Å²) in [5, 5.41) is 0.696. The van der Waals surface area contributed by atoms with E-state index in [1.807, 2.05) is 55.6 Å². The molecule has 0 atom stereocenters. The normalized spacial score (nSPS) is 10.4. The van der Waals surface area contributed by atoms with Crippen molar-refractivity contribution in [1.29, 1.82) is 0 Å². The van der Waals surface area contributed by atoms with Gasteiger partial charge in [-0.3, -0.25) is 4.79 Å². The second kappa shape index (κ2) is 8.59. The molecule has 0 N–H and O–H groups in total. The summed E-state index contributed by atoms with van der Waals surface area (Å²) in [6.07, 6.45) is 2.06. The average molecular weight is 332 g/mol. The zero-order chi connectivity index (χ0) is 16.7. The van der Waals surface area contributed by atoms with Crippen LogP contribution in [0.5, 0.6) is 5.75 Å². The van der Waals surface area contributed by atoms with E-state index in [0.717, 1.165) is 24.9 Å². The first-order valence-electron chi connectivity index (χ1n) is 7.83. The Kier molecular flexibility index (Phi) is 6.48. The second-order valence-electron chi connectivity index (χ2n) is 5.49. The van der Waals surface area contributed by atoms with Gasteiger partial charge in [-0.2, -0.15) is 0 Å². The fourth-order valence-electron chi connectivity index (χ4n) is 2.21. The molecule has 23 heavy (non-hydrogen) atoms. The van der Waals surface area contributed by atoms with E-state index in [-0.39, 0.29) is 5.91 Å². The summed E-state index contributed by atoms with van der Waals surface area (Å²) in [6.45, 7) is 3.27. The van der Waals surface area contributed by atoms with E-state index in [2.05, 4.69) is 6.92 Å². The molecule has 0 aliphatic rings. The molecule has 4 heteroatoms. The molecule has 122 valence electrons. The lowest BCUT2D eigenvalue weighted by molar-refractivity contribution is 0.0788. The van der Waals surface area contributed by atoms with Crippen LogP contribution in [0.4, 0.5) is 0 Å². The van der Waals surface area contributed by atoms with Gasteiger partial charge in [0.15, 0.2) is 0 Å². The molecule has 3 nitrogen and oxygen atoms in total. The van der Waals surface area contributed by atoms with Gasteiger partial charge < -0.3 is 9.64 Å². The van der Waals surface area contributed by atoms with Crippen LogP contribution in [0.15, 0.2) is 48.5 Å². The maximum atomic E-state index is 12.6. The van der Waals surface area contributed by atoms with E-state index in [1.165, 1.54) is 0 Å². The fourth-order valence-corrected chi connectivity index (χ4v) is 2.34. The monoisotopic (exact) mass is 331 g/mol. The number of benzene rings is 2. The summed E-state index contributed by atoms with van der Waals surface area (Å²) in [5.74, 6) is 0.598. The van der Waals surface area contributed by atoms with Crippen LogP contribution in [0.25, 0.3) is 0 Å². The lowest BCUT2D eigenvalue weighted by Crippen LogP contribution is -2.28. The van der Waals surface area contributed by atoms with Gasteiger partial charge >= 0.3 is 0 Å². The Bertz CT molecular complexity index is 640. The van der Waals surface area contributed by atoms with Gasteiger partial charge in [-0.05, 0) is 36.2 Å². The quantitative estimate of drug-likeness (QED) is 0.730. The molecule has 1 amide bonds. The Hall–Kier alpha value is -2.00. The second-order valence-corrected chi connectivity index (χ2v) is 5.93. The van der Waals surface area contributed by atoms with Crippen LogP contribution >= 0.6 is 11.6 Å². The van der Waals surface area contributed by atoms with Gasteiger partial charge in [0.2, 0.25) is 0 Å². The highest BCUT2D eigenvalue weighted by Gasteiger charge is 2.16. The van der Waals surface area contributed by atoms with Gasteiger partial charge in [0.05, 0.1) is 5.56 Å². The molecular formula is C19H22ClNO2. The topological polar surface area (TPSA) is 29.5 Å². The Labute approximate surface area is 142 Å². The molecule has 0 aromatic heterocycles. The largest absolute Gasteiger partial charge is 0.488 e.